The van der Waals surface area contributed by atoms with Gasteiger partial charge >= 0.3 is 0 Å². The van der Waals surface area contributed by atoms with Gasteiger partial charge in [-0.3, -0.25) is 0 Å². The molecule has 0 aromatic heterocycles. The highest BCUT2D eigenvalue weighted by atomic mass is 32.2. The van der Waals surface area contributed by atoms with Crippen molar-refractivity contribution in [2.45, 2.75) is 73.9 Å². The Morgan fingerprint density at radius 3 is 2.67 bits per heavy atom. The fourth-order valence-corrected chi connectivity index (χ4v) is 4.92. The molecule has 1 aromatic carbocycles. The van der Waals surface area contributed by atoms with Gasteiger partial charge in [-0.2, -0.15) is 0 Å². The standard InChI is InChI=1S/C18H28OS2/c1-4-5-6-7-8-15-9-10-16-17(13-15)21-18(20-16)19-12-11-14(2)3/h9-10,13-14,18H,4-8,11-12H2,1-3H3. The lowest BCUT2D eigenvalue weighted by Crippen LogP contribution is -2.04. The van der Waals surface area contributed by atoms with Gasteiger partial charge in [0.15, 0.2) is 4.77 Å². The molecule has 0 aliphatic carbocycles. The SMILES string of the molecule is CCCCCCc1ccc2c(c1)SC(OCCC(C)C)S2. The second-order valence-corrected chi connectivity index (χ2v) is 8.68. The van der Waals surface area contributed by atoms with Crippen LogP contribution in [0.4, 0.5) is 0 Å². The lowest BCUT2D eigenvalue weighted by atomic mass is 10.1. The molecule has 0 saturated carbocycles. The van der Waals surface area contributed by atoms with Crippen molar-refractivity contribution in [3.05, 3.63) is 23.8 Å². The minimum absolute atomic E-state index is 0.258. The van der Waals surface area contributed by atoms with E-state index in [1.54, 1.807) is 0 Å². The maximum absolute atomic E-state index is 5.98. The van der Waals surface area contributed by atoms with Crippen LogP contribution in [0, 0.1) is 5.92 Å². The van der Waals surface area contributed by atoms with Gasteiger partial charge in [0.05, 0.1) is 0 Å². The van der Waals surface area contributed by atoms with Crippen molar-refractivity contribution in [1.29, 1.82) is 0 Å². The van der Waals surface area contributed by atoms with Crippen LogP contribution >= 0.6 is 23.5 Å². The molecule has 1 aliphatic rings. The van der Waals surface area contributed by atoms with Crippen molar-refractivity contribution in [2.24, 2.45) is 5.92 Å². The molecule has 21 heavy (non-hydrogen) atoms. The zero-order valence-electron chi connectivity index (χ0n) is 13.6. The highest BCUT2D eigenvalue weighted by molar-refractivity contribution is 8.19. The molecular formula is C18H28OS2. The molecule has 0 bridgehead atoms. The van der Waals surface area contributed by atoms with E-state index in [0.29, 0.717) is 0 Å². The predicted octanol–water partition coefficient (Wildman–Crippen LogP) is 6.35. The third-order valence-corrected chi connectivity index (χ3v) is 6.29. The number of unbranched alkanes of at least 4 members (excludes halogenated alkanes) is 3. The van der Waals surface area contributed by atoms with Gasteiger partial charge in [0.25, 0.3) is 0 Å². The van der Waals surface area contributed by atoms with Gasteiger partial charge in [-0.25, -0.2) is 0 Å². The van der Waals surface area contributed by atoms with Gasteiger partial charge < -0.3 is 4.74 Å². The van der Waals surface area contributed by atoms with Crippen molar-refractivity contribution in [2.75, 3.05) is 6.61 Å². The average Bonchev–Trinajstić information content (AvgIpc) is 2.85. The number of hydrogen-bond donors (Lipinski definition) is 0. The monoisotopic (exact) mass is 324 g/mol. The predicted molar refractivity (Wildman–Crippen MR) is 95.2 cm³/mol. The van der Waals surface area contributed by atoms with Crippen molar-refractivity contribution in [1.82, 2.24) is 0 Å². The first-order chi connectivity index (χ1) is 10.2. The molecule has 1 unspecified atom stereocenters. The van der Waals surface area contributed by atoms with Crippen molar-refractivity contribution in [3.8, 4) is 0 Å². The van der Waals surface area contributed by atoms with E-state index in [1.807, 2.05) is 23.5 Å². The summed E-state index contributed by atoms with van der Waals surface area (Å²) in [6.45, 7) is 7.64. The summed E-state index contributed by atoms with van der Waals surface area (Å²) >= 11 is 3.76. The van der Waals surface area contributed by atoms with Crippen LogP contribution in [-0.4, -0.2) is 11.4 Å². The minimum Gasteiger partial charge on any atom is -0.357 e. The number of thioether (sulfide) groups is 2. The summed E-state index contributed by atoms with van der Waals surface area (Å²) in [7, 11) is 0. The molecule has 2 rings (SSSR count). The first-order valence-corrected chi connectivity index (χ1v) is 10.0. The molecule has 0 radical (unpaired) electrons. The molecule has 3 heteroatoms. The van der Waals surface area contributed by atoms with E-state index >= 15 is 0 Å². The number of aryl methyl sites for hydroxylation is 1. The van der Waals surface area contributed by atoms with Crippen LogP contribution in [0.25, 0.3) is 0 Å². The second kappa shape index (κ2) is 9.12. The van der Waals surface area contributed by atoms with E-state index in [1.165, 1.54) is 47.5 Å². The molecular weight excluding hydrogens is 296 g/mol. The van der Waals surface area contributed by atoms with Crippen LogP contribution < -0.4 is 0 Å². The van der Waals surface area contributed by atoms with Crippen LogP contribution in [-0.2, 0) is 11.2 Å². The Kier molecular flexibility index (Phi) is 7.48. The van der Waals surface area contributed by atoms with Crippen LogP contribution in [0.3, 0.4) is 0 Å². The molecule has 1 aromatic rings. The molecule has 118 valence electrons. The van der Waals surface area contributed by atoms with Crippen molar-refractivity contribution in [3.63, 3.8) is 0 Å². The first kappa shape index (κ1) is 17.2. The van der Waals surface area contributed by atoms with Crippen LogP contribution in [0.2, 0.25) is 0 Å². The fraction of sp³-hybridized carbons (Fsp3) is 0.667. The van der Waals surface area contributed by atoms with Gasteiger partial charge in [-0.1, -0.05) is 69.6 Å². The normalized spacial score (nSPS) is 17.4. The Balaban J connectivity index is 1.78. The molecule has 0 fully saturated rings. The Labute approximate surface area is 138 Å². The zero-order chi connectivity index (χ0) is 15.1. The second-order valence-electron chi connectivity index (χ2n) is 6.17. The number of ether oxygens (including phenoxy) is 1. The van der Waals surface area contributed by atoms with Gasteiger partial charge in [-0.15, -0.1) is 0 Å². The van der Waals surface area contributed by atoms with E-state index < -0.39 is 0 Å². The molecule has 1 heterocycles. The fourth-order valence-electron chi connectivity index (χ4n) is 2.35. The summed E-state index contributed by atoms with van der Waals surface area (Å²) in [4.78, 5) is 2.81. The average molecular weight is 325 g/mol. The van der Waals surface area contributed by atoms with E-state index in [4.69, 9.17) is 4.74 Å². The Bertz CT molecular complexity index is 431. The Morgan fingerprint density at radius 2 is 1.90 bits per heavy atom. The third-order valence-electron chi connectivity index (χ3n) is 3.72. The van der Waals surface area contributed by atoms with E-state index in [-0.39, 0.29) is 4.77 Å². The lowest BCUT2D eigenvalue weighted by molar-refractivity contribution is 0.151. The summed E-state index contributed by atoms with van der Waals surface area (Å²) in [6.07, 6.45) is 7.72. The molecule has 1 aliphatic heterocycles. The minimum atomic E-state index is 0.258. The van der Waals surface area contributed by atoms with Crippen LogP contribution in [0.1, 0.15) is 58.4 Å². The number of fused-ring (bicyclic) bond motifs is 1. The zero-order valence-corrected chi connectivity index (χ0v) is 15.2. The van der Waals surface area contributed by atoms with E-state index in [9.17, 15) is 0 Å². The molecule has 1 atom stereocenters. The highest BCUT2D eigenvalue weighted by Gasteiger charge is 2.23. The number of rotatable bonds is 9. The summed E-state index contributed by atoms with van der Waals surface area (Å²) in [5.74, 6) is 0.721. The van der Waals surface area contributed by atoms with Gasteiger partial charge in [0.2, 0.25) is 0 Å². The molecule has 0 amide bonds. The van der Waals surface area contributed by atoms with Gasteiger partial charge in [0, 0.05) is 16.4 Å². The molecule has 0 N–H and O–H groups in total. The Morgan fingerprint density at radius 1 is 1.10 bits per heavy atom. The topological polar surface area (TPSA) is 9.23 Å². The van der Waals surface area contributed by atoms with Crippen molar-refractivity contribution >= 4 is 23.5 Å². The summed E-state index contributed by atoms with van der Waals surface area (Å²) in [5.41, 5.74) is 1.49. The maximum atomic E-state index is 5.98. The molecule has 0 spiro atoms. The number of hydrogen-bond acceptors (Lipinski definition) is 3. The smallest absolute Gasteiger partial charge is 0.158 e. The van der Waals surface area contributed by atoms with Crippen molar-refractivity contribution < 1.29 is 4.74 Å². The lowest BCUT2D eigenvalue weighted by Gasteiger charge is -2.10. The first-order valence-electron chi connectivity index (χ1n) is 8.27. The van der Waals surface area contributed by atoms with E-state index in [2.05, 4.69) is 39.0 Å². The molecule has 1 nitrogen and oxygen atoms in total. The molecule has 0 saturated heterocycles. The highest BCUT2D eigenvalue weighted by Crippen LogP contribution is 2.48. The number of benzene rings is 1. The summed E-state index contributed by atoms with van der Waals surface area (Å²) in [6, 6.07) is 6.97. The largest absolute Gasteiger partial charge is 0.357 e. The van der Waals surface area contributed by atoms with E-state index in [0.717, 1.165) is 18.9 Å². The van der Waals surface area contributed by atoms with Gasteiger partial charge in [-0.05, 0) is 42.9 Å². The van der Waals surface area contributed by atoms with Gasteiger partial charge in [0.1, 0.15) is 0 Å². The Hall–Kier alpha value is -0.120. The quantitative estimate of drug-likeness (QED) is 0.490. The maximum Gasteiger partial charge on any atom is 0.158 e. The summed E-state index contributed by atoms with van der Waals surface area (Å²) < 4.78 is 6.23. The van der Waals surface area contributed by atoms with Crippen LogP contribution in [0.5, 0.6) is 0 Å². The summed E-state index contributed by atoms with van der Waals surface area (Å²) in [5, 5.41) is 0. The van der Waals surface area contributed by atoms with Crippen LogP contribution in [0.15, 0.2) is 28.0 Å². The third kappa shape index (κ3) is 5.88.